The average molecular weight is 446 g/mol. The second-order valence-corrected chi connectivity index (χ2v) is 7.22. The van der Waals surface area contributed by atoms with Crippen LogP contribution in [0.5, 0.6) is 11.5 Å². The number of nitrogens with zero attached hydrogens (tertiary/aromatic N) is 2. The first-order valence-corrected chi connectivity index (χ1v) is 9.96. The fourth-order valence-corrected chi connectivity index (χ4v) is 3.43. The average Bonchev–Trinajstić information content (AvgIpc) is 2.82. The lowest BCUT2D eigenvalue weighted by Crippen LogP contribution is -2.25. The van der Waals surface area contributed by atoms with Gasteiger partial charge in [0.2, 0.25) is 0 Å². The van der Waals surface area contributed by atoms with Gasteiger partial charge in [-0.25, -0.2) is 4.85 Å². The van der Waals surface area contributed by atoms with E-state index in [0.29, 0.717) is 22.6 Å². The molecule has 0 saturated carbocycles. The normalized spacial score (nSPS) is 11.1. The number of halogens is 3. The van der Waals surface area contributed by atoms with Crippen LogP contribution in [0.15, 0.2) is 95.8 Å². The topological polar surface area (TPSA) is 35.6 Å². The van der Waals surface area contributed by atoms with Crippen LogP contribution >= 0.6 is 0 Å². The number of aromatic nitrogens is 1. The van der Waals surface area contributed by atoms with Crippen LogP contribution in [0.2, 0.25) is 0 Å². The van der Waals surface area contributed by atoms with Crippen LogP contribution in [0, 0.1) is 6.57 Å². The standard InChI is InChI=1S/C26H17F3N2O2/c1-30-24-22(26(27,28)29)16-23(19-8-4-2-5-9-19)31(25(24)32)17-18-12-14-21(15-13-18)33-20-10-6-3-7-11-20/h2-16H,17H2. The summed E-state index contributed by atoms with van der Waals surface area (Å²) in [6, 6.07) is 25.3. The van der Waals surface area contributed by atoms with E-state index in [2.05, 4.69) is 4.85 Å². The second-order valence-electron chi connectivity index (χ2n) is 7.22. The molecule has 0 unspecified atom stereocenters. The number of alkyl halides is 3. The summed E-state index contributed by atoms with van der Waals surface area (Å²) in [6.45, 7) is 7.18. The largest absolute Gasteiger partial charge is 0.457 e. The van der Waals surface area contributed by atoms with Crippen LogP contribution in [0.25, 0.3) is 16.1 Å². The molecule has 1 aromatic heterocycles. The highest BCUT2D eigenvalue weighted by Gasteiger charge is 2.36. The smallest absolute Gasteiger partial charge is 0.407 e. The Hall–Kier alpha value is -4.31. The highest BCUT2D eigenvalue weighted by molar-refractivity contribution is 5.66. The Morgan fingerprint density at radius 2 is 1.42 bits per heavy atom. The van der Waals surface area contributed by atoms with E-state index in [1.165, 1.54) is 4.57 Å². The summed E-state index contributed by atoms with van der Waals surface area (Å²) in [7, 11) is 0. The Morgan fingerprint density at radius 3 is 2.00 bits per heavy atom. The van der Waals surface area contributed by atoms with Gasteiger partial charge in [0.15, 0.2) is 0 Å². The van der Waals surface area contributed by atoms with Crippen molar-refractivity contribution in [3.8, 4) is 22.8 Å². The Morgan fingerprint density at radius 1 is 0.848 bits per heavy atom. The molecule has 0 saturated heterocycles. The molecular weight excluding hydrogens is 429 g/mol. The molecule has 164 valence electrons. The van der Waals surface area contributed by atoms with E-state index >= 15 is 0 Å². The van der Waals surface area contributed by atoms with Crippen molar-refractivity contribution in [1.82, 2.24) is 4.57 Å². The lowest BCUT2D eigenvalue weighted by Gasteiger charge is -2.18. The van der Waals surface area contributed by atoms with E-state index in [4.69, 9.17) is 11.3 Å². The van der Waals surface area contributed by atoms with Crippen LogP contribution in [0.4, 0.5) is 18.9 Å². The molecule has 0 N–H and O–H groups in total. The van der Waals surface area contributed by atoms with Gasteiger partial charge in [0.1, 0.15) is 11.5 Å². The molecule has 1 heterocycles. The first-order chi connectivity index (χ1) is 15.9. The van der Waals surface area contributed by atoms with Crippen LogP contribution in [0.3, 0.4) is 0 Å². The van der Waals surface area contributed by atoms with Crippen molar-refractivity contribution in [1.29, 1.82) is 0 Å². The molecule has 7 heteroatoms. The maximum absolute atomic E-state index is 13.6. The minimum Gasteiger partial charge on any atom is -0.457 e. The second kappa shape index (κ2) is 9.05. The molecule has 0 atom stereocenters. The number of hydrogen-bond acceptors (Lipinski definition) is 2. The van der Waals surface area contributed by atoms with E-state index in [0.717, 1.165) is 6.07 Å². The number of para-hydroxylation sites is 1. The number of ether oxygens (including phenoxy) is 1. The Labute approximate surface area is 188 Å². The highest BCUT2D eigenvalue weighted by atomic mass is 19.4. The molecule has 0 aliphatic heterocycles. The first-order valence-electron chi connectivity index (χ1n) is 9.96. The molecule has 4 aromatic rings. The molecule has 3 aromatic carbocycles. The summed E-state index contributed by atoms with van der Waals surface area (Å²) in [4.78, 5) is 15.9. The summed E-state index contributed by atoms with van der Waals surface area (Å²) in [5.41, 5.74) is -1.95. The lowest BCUT2D eigenvalue weighted by atomic mass is 10.1. The van der Waals surface area contributed by atoms with Crippen molar-refractivity contribution in [3.05, 3.63) is 124 Å². The lowest BCUT2D eigenvalue weighted by molar-refractivity contribution is -0.136. The van der Waals surface area contributed by atoms with Gasteiger partial charge in [-0.3, -0.25) is 4.79 Å². The number of benzene rings is 3. The molecular formula is C26H17F3N2O2. The van der Waals surface area contributed by atoms with Gasteiger partial charge < -0.3 is 9.30 Å². The highest BCUT2D eigenvalue weighted by Crippen LogP contribution is 2.37. The summed E-state index contributed by atoms with van der Waals surface area (Å²) in [6.07, 6.45) is -4.82. The van der Waals surface area contributed by atoms with Gasteiger partial charge in [-0.2, -0.15) is 13.2 Å². The fourth-order valence-electron chi connectivity index (χ4n) is 3.43. The van der Waals surface area contributed by atoms with Gasteiger partial charge in [-0.1, -0.05) is 60.7 Å². The maximum atomic E-state index is 13.6. The predicted molar refractivity (Wildman–Crippen MR) is 119 cm³/mol. The predicted octanol–water partition coefficient (Wildman–Crippen LogP) is 6.93. The quantitative estimate of drug-likeness (QED) is 0.312. The molecule has 0 bridgehead atoms. The van der Waals surface area contributed by atoms with Gasteiger partial charge in [-0.05, 0) is 41.5 Å². The Kier molecular flexibility index (Phi) is 6.01. The SMILES string of the molecule is [C-]#[N+]c1c(C(F)(F)F)cc(-c2ccccc2)n(Cc2ccc(Oc3ccccc3)cc2)c1=O. The summed E-state index contributed by atoms with van der Waals surface area (Å²) >= 11 is 0. The monoisotopic (exact) mass is 446 g/mol. The zero-order chi connectivity index (χ0) is 23.4. The summed E-state index contributed by atoms with van der Waals surface area (Å²) in [5, 5.41) is 0. The minimum absolute atomic E-state index is 0.00463. The van der Waals surface area contributed by atoms with Gasteiger partial charge in [0.25, 0.3) is 11.2 Å². The molecule has 4 nitrogen and oxygen atoms in total. The van der Waals surface area contributed by atoms with E-state index in [1.807, 2.05) is 30.3 Å². The van der Waals surface area contributed by atoms with Crippen molar-refractivity contribution >= 4 is 5.69 Å². The van der Waals surface area contributed by atoms with Crippen molar-refractivity contribution in [2.45, 2.75) is 12.7 Å². The van der Waals surface area contributed by atoms with Crippen LogP contribution in [-0.4, -0.2) is 4.57 Å². The Balaban J connectivity index is 1.75. The molecule has 0 radical (unpaired) electrons. The van der Waals surface area contributed by atoms with E-state index in [-0.39, 0.29) is 12.2 Å². The first kappa shape index (κ1) is 21.9. The van der Waals surface area contributed by atoms with Crippen LogP contribution in [-0.2, 0) is 12.7 Å². The van der Waals surface area contributed by atoms with Gasteiger partial charge in [-0.15, -0.1) is 0 Å². The summed E-state index contributed by atoms with van der Waals surface area (Å²) in [5.74, 6) is 1.24. The molecule has 0 aliphatic carbocycles. The zero-order valence-corrected chi connectivity index (χ0v) is 17.2. The van der Waals surface area contributed by atoms with Crippen molar-refractivity contribution < 1.29 is 17.9 Å². The third-order valence-electron chi connectivity index (χ3n) is 5.00. The van der Waals surface area contributed by atoms with Crippen molar-refractivity contribution in [2.24, 2.45) is 0 Å². The molecule has 0 fully saturated rings. The fraction of sp³-hybridized carbons (Fsp3) is 0.0769. The molecule has 4 rings (SSSR count). The minimum atomic E-state index is -4.82. The third kappa shape index (κ3) is 4.80. The summed E-state index contributed by atoms with van der Waals surface area (Å²) < 4.78 is 47.7. The number of hydrogen-bond donors (Lipinski definition) is 0. The van der Waals surface area contributed by atoms with Gasteiger partial charge in [0, 0.05) is 12.2 Å². The maximum Gasteiger partial charge on any atom is 0.407 e. The zero-order valence-electron chi connectivity index (χ0n) is 17.2. The van der Waals surface area contributed by atoms with Crippen molar-refractivity contribution in [2.75, 3.05) is 0 Å². The van der Waals surface area contributed by atoms with Crippen LogP contribution < -0.4 is 10.3 Å². The molecule has 33 heavy (non-hydrogen) atoms. The number of pyridine rings is 1. The van der Waals surface area contributed by atoms with E-state index in [1.54, 1.807) is 54.6 Å². The third-order valence-corrected chi connectivity index (χ3v) is 5.00. The van der Waals surface area contributed by atoms with Gasteiger partial charge in [0.05, 0.1) is 12.1 Å². The molecule has 0 amide bonds. The molecule has 0 spiro atoms. The van der Waals surface area contributed by atoms with Gasteiger partial charge >= 0.3 is 6.18 Å². The van der Waals surface area contributed by atoms with Crippen molar-refractivity contribution in [3.63, 3.8) is 0 Å². The Bertz CT molecular complexity index is 1360. The number of rotatable bonds is 5. The van der Waals surface area contributed by atoms with E-state index < -0.39 is 23.0 Å². The van der Waals surface area contributed by atoms with Crippen LogP contribution in [0.1, 0.15) is 11.1 Å². The van der Waals surface area contributed by atoms with E-state index in [9.17, 15) is 18.0 Å². The molecule has 0 aliphatic rings.